The molecule has 0 fully saturated rings. The van der Waals surface area contributed by atoms with Crippen LogP contribution < -0.4 is 15.5 Å². The lowest BCUT2D eigenvalue weighted by Crippen LogP contribution is -2.27. The summed E-state index contributed by atoms with van der Waals surface area (Å²) in [7, 11) is 0. The lowest BCUT2D eigenvalue weighted by Gasteiger charge is -2.13. The van der Waals surface area contributed by atoms with Gasteiger partial charge in [0.2, 0.25) is 0 Å². The molecule has 0 saturated heterocycles. The molecule has 0 radical (unpaired) electrons. The van der Waals surface area contributed by atoms with Crippen molar-refractivity contribution in [3.05, 3.63) is 79.1 Å². The first-order valence-electron chi connectivity index (χ1n) is 10.5. The second kappa shape index (κ2) is 10.9. The van der Waals surface area contributed by atoms with E-state index in [1.54, 1.807) is 31.2 Å². The number of ether oxygens (including phenoxy) is 1. The normalized spacial score (nSPS) is 13.9. The fourth-order valence-electron chi connectivity index (χ4n) is 3.66. The molecule has 1 aromatic heterocycles. The Morgan fingerprint density at radius 1 is 1.03 bits per heavy atom. The molecule has 2 aromatic carbocycles. The molecule has 1 aliphatic rings. The number of furan rings is 1. The van der Waals surface area contributed by atoms with E-state index in [1.807, 2.05) is 0 Å². The highest BCUT2D eigenvalue weighted by molar-refractivity contribution is 6.37. The topological polar surface area (TPSA) is 92.9 Å². The van der Waals surface area contributed by atoms with E-state index < -0.39 is 11.8 Å². The summed E-state index contributed by atoms with van der Waals surface area (Å²) in [5.41, 5.74) is 4.87. The standard InChI is InChI=1S/C24H19Cl4N3O4/c1-12-22-18(30-31-21(32)11-34-19-8-6-14(26)10-16(19)28)3-2-4-20(22)35-23(12)24(33)29-17-7-5-13(25)9-15(17)27/h5-10H,2-4,11H2,1H3,(H,29,33)(H,31,32)/b30-18+. The molecule has 0 aliphatic heterocycles. The molecule has 4 rings (SSSR count). The first kappa shape index (κ1) is 25.4. The zero-order valence-corrected chi connectivity index (χ0v) is 21.4. The molecule has 7 nitrogen and oxygen atoms in total. The van der Waals surface area contributed by atoms with Gasteiger partial charge in [0, 0.05) is 27.6 Å². The summed E-state index contributed by atoms with van der Waals surface area (Å²) < 4.78 is 11.3. The number of anilines is 1. The van der Waals surface area contributed by atoms with Crippen LogP contribution in [0, 0.1) is 6.92 Å². The van der Waals surface area contributed by atoms with Crippen LogP contribution >= 0.6 is 46.4 Å². The summed E-state index contributed by atoms with van der Waals surface area (Å²) in [5, 5.41) is 8.55. The molecule has 2 amide bonds. The number of hydrogen-bond donors (Lipinski definition) is 2. The molecule has 0 bridgehead atoms. The summed E-state index contributed by atoms with van der Waals surface area (Å²) in [4.78, 5) is 25.2. The zero-order chi connectivity index (χ0) is 25.1. The molecule has 2 N–H and O–H groups in total. The number of hydrogen-bond acceptors (Lipinski definition) is 5. The first-order chi connectivity index (χ1) is 16.7. The van der Waals surface area contributed by atoms with Crippen molar-refractivity contribution >= 4 is 69.6 Å². The van der Waals surface area contributed by atoms with Crippen molar-refractivity contribution in [1.82, 2.24) is 5.43 Å². The van der Waals surface area contributed by atoms with Gasteiger partial charge in [-0.05, 0) is 56.2 Å². The average molecular weight is 555 g/mol. The van der Waals surface area contributed by atoms with Crippen molar-refractivity contribution in [2.75, 3.05) is 11.9 Å². The van der Waals surface area contributed by atoms with Crippen LogP contribution in [-0.4, -0.2) is 24.1 Å². The lowest BCUT2D eigenvalue weighted by atomic mass is 9.93. The summed E-state index contributed by atoms with van der Waals surface area (Å²) in [5.74, 6) is 0.215. The van der Waals surface area contributed by atoms with E-state index in [-0.39, 0.29) is 12.4 Å². The number of carbonyl (C=O) groups is 2. The van der Waals surface area contributed by atoms with Crippen LogP contribution in [0.25, 0.3) is 0 Å². The number of aryl methyl sites for hydroxylation is 1. The second-order valence-corrected chi connectivity index (χ2v) is 9.43. The van der Waals surface area contributed by atoms with E-state index >= 15 is 0 Å². The summed E-state index contributed by atoms with van der Waals surface area (Å²) in [6, 6.07) is 9.49. The van der Waals surface area contributed by atoms with Gasteiger partial charge in [0.25, 0.3) is 11.8 Å². The van der Waals surface area contributed by atoms with E-state index in [1.165, 1.54) is 12.1 Å². The molecular formula is C24H19Cl4N3O4. The number of nitrogens with zero attached hydrogens (tertiary/aromatic N) is 1. The minimum absolute atomic E-state index is 0.155. The maximum Gasteiger partial charge on any atom is 0.291 e. The van der Waals surface area contributed by atoms with E-state index in [0.717, 1.165) is 6.42 Å². The van der Waals surface area contributed by atoms with Crippen molar-refractivity contribution < 1.29 is 18.7 Å². The highest BCUT2D eigenvalue weighted by Crippen LogP contribution is 2.32. The van der Waals surface area contributed by atoms with Crippen molar-refractivity contribution in [3.63, 3.8) is 0 Å². The van der Waals surface area contributed by atoms with Gasteiger partial charge in [0.05, 0.1) is 21.4 Å². The van der Waals surface area contributed by atoms with Gasteiger partial charge in [-0.15, -0.1) is 0 Å². The van der Waals surface area contributed by atoms with Crippen LogP contribution in [-0.2, 0) is 11.2 Å². The van der Waals surface area contributed by atoms with E-state index in [9.17, 15) is 9.59 Å². The Kier molecular flexibility index (Phi) is 7.91. The third-order valence-electron chi connectivity index (χ3n) is 5.28. The van der Waals surface area contributed by atoms with Gasteiger partial charge in [0.1, 0.15) is 11.5 Å². The van der Waals surface area contributed by atoms with Crippen LogP contribution in [0.15, 0.2) is 45.9 Å². The number of benzene rings is 2. The minimum Gasteiger partial charge on any atom is -0.482 e. The average Bonchev–Trinajstić information content (AvgIpc) is 3.16. The molecule has 182 valence electrons. The van der Waals surface area contributed by atoms with Crippen LogP contribution in [0.2, 0.25) is 20.1 Å². The third kappa shape index (κ3) is 5.93. The molecule has 0 saturated carbocycles. The molecule has 0 unspecified atom stereocenters. The van der Waals surface area contributed by atoms with Crippen molar-refractivity contribution in [3.8, 4) is 5.75 Å². The van der Waals surface area contributed by atoms with Crippen molar-refractivity contribution in [2.24, 2.45) is 5.10 Å². The van der Waals surface area contributed by atoms with Crippen LogP contribution in [0.4, 0.5) is 5.69 Å². The highest BCUT2D eigenvalue weighted by Gasteiger charge is 2.28. The number of rotatable bonds is 6. The second-order valence-electron chi connectivity index (χ2n) is 7.74. The Bertz CT molecular complexity index is 1340. The number of fused-ring (bicyclic) bond motifs is 1. The maximum absolute atomic E-state index is 12.9. The molecule has 1 aliphatic carbocycles. The Morgan fingerprint density at radius 3 is 2.46 bits per heavy atom. The van der Waals surface area contributed by atoms with Gasteiger partial charge in [-0.25, -0.2) is 5.43 Å². The Labute approximate surface area is 221 Å². The van der Waals surface area contributed by atoms with E-state index in [0.29, 0.717) is 67.0 Å². The zero-order valence-electron chi connectivity index (χ0n) is 18.4. The summed E-state index contributed by atoms with van der Waals surface area (Å²) in [6.45, 7) is 1.49. The number of hydrazone groups is 1. The number of carbonyl (C=O) groups excluding carboxylic acids is 2. The number of halogens is 4. The lowest BCUT2D eigenvalue weighted by molar-refractivity contribution is -0.123. The van der Waals surface area contributed by atoms with Gasteiger partial charge in [0.15, 0.2) is 12.4 Å². The Balaban J connectivity index is 1.46. The third-order valence-corrected chi connectivity index (χ3v) is 6.36. The van der Waals surface area contributed by atoms with E-state index in [4.69, 9.17) is 55.6 Å². The molecule has 11 heteroatoms. The fraction of sp³-hybridized carbons (Fsp3) is 0.208. The van der Waals surface area contributed by atoms with Crippen molar-refractivity contribution in [2.45, 2.75) is 26.2 Å². The maximum atomic E-state index is 12.9. The van der Waals surface area contributed by atoms with Gasteiger partial charge < -0.3 is 14.5 Å². The van der Waals surface area contributed by atoms with Crippen molar-refractivity contribution in [1.29, 1.82) is 0 Å². The van der Waals surface area contributed by atoms with E-state index in [2.05, 4.69) is 15.8 Å². The van der Waals surface area contributed by atoms with Crippen LogP contribution in [0.1, 0.15) is 40.3 Å². The molecule has 0 spiro atoms. The molecule has 1 heterocycles. The highest BCUT2D eigenvalue weighted by atomic mass is 35.5. The predicted molar refractivity (Wildman–Crippen MR) is 137 cm³/mol. The monoisotopic (exact) mass is 553 g/mol. The fourth-order valence-corrected chi connectivity index (χ4v) is 4.58. The van der Waals surface area contributed by atoms with Crippen LogP contribution in [0.5, 0.6) is 5.75 Å². The smallest absolute Gasteiger partial charge is 0.291 e. The Hall–Kier alpha value is -2.71. The molecule has 3 aromatic rings. The van der Waals surface area contributed by atoms with Gasteiger partial charge in [-0.2, -0.15) is 5.10 Å². The molecule has 0 atom stereocenters. The van der Waals surface area contributed by atoms with Gasteiger partial charge in [-0.3, -0.25) is 9.59 Å². The van der Waals surface area contributed by atoms with Gasteiger partial charge in [-0.1, -0.05) is 46.4 Å². The van der Waals surface area contributed by atoms with Gasteiger partial charge >= 0.3 is 0 Å². The number of nitrogens with one attached hydrogen (secondary N) is 2. The first-order valence-corrected chi connectivity index (χ1v) is 12.1. The minimum atomic E-state index is -0.466. The molecular weight excluding hydrogens is 536 g/mol. The largest absolute Gasteiger partial charge is 0.482 e. The predicted octanol–water partition coefficient (Wildman–Crippen LogP) is 6.69. The summed E-state index contributed by atoms with van der Waals surface area (Å²) >= 11 is 24.0. The molecule has 35 heavy (non-hydrogen) atoms. The number of amides is 2. The Morgan fingerprint density at radius 2 is 1.74 bits per heavy atom. The summed E-state index contributed by atoms with van der Waals surface area (Å²) in [6.07, 6.45) is 2.02. The van der Waals surface area contributed by atoms with Crippen LogP contribution in [0.3, 0.4) is 0 Å². The quantitative estimate of drug-likeness (QED) is 0.332. The SMILES string of the molecule is Cc1c(C(=O)Nc2ccc(Cl)cc2Cl)oc2c1/C(=N/NC(=O)COc1ccc(Cl)cc1Cl)CCC2.